The van der Waals surface area contributed by atoms with Crippen LogP contribution in [0.2, 0.25) is 0 Å². The number of carbonyl (C=O) groups is 2. The third kappa shape index (κ3) is 3.68. The lowest BCUT2D eigenvalue weighted by Crippen LogP contribution is -2.53. The maximum atomic E-state index is 12.4. The molecule has 2 aromatic rings. The number of ether oxygens (including phenoxy) is 1. The predicted molar refractivity (Wildman–Crippen MR) is 109 cm³/mol. The molecule has 0 saturated carbocycles. The van der Waals surface area contributed by atoms with Gasteiger partial charge in [0.05, 0.1) is 18.6 Å². The fraction of sp³-hybridized carbons (Fsp3) is 0.429. The Labute approximate surface area is 179 Å². The van der Waals surface area contributed by atoms with Gasteiger partial charge in [-0.1, -0.05) is 17.3 Å². The van der Waals surface area contributed by atoms with Gasteiger partial charge in [-0.05, 0) is 38.1 Å². The number of esters is 1. The molecule has 0 spiro atoms. The van der Waals surface area contributed by atoms with Crippen LogP contribution in [0.4, 0.5) is 0 Å². The smallest absolute Gasteiger partial charge is 0.337 e. The summed E-state index contributed by atoms with van der Waals surface area (Å²) >= 11 is 0. The van der Waals surface area contributed by atoms with Crippen LogP contribution in [0.25, 0.3) is 11.4 Å². The second-order valence-corrected chi connectivity index (χ2v) is 7.91. The van der Waals surface area contributed by atoms with Crippen LogP contribution in [0.1, 0.15) is 35.0 Å². The highest BCUT2D eigenvalue weighted by Gasteiger charge is 2.44. The van der Waals surface area contributed by atoms with Crippen molar-refractivity contribution in [2.45, 2.75) is 24.9 Å². The van der Waals surface area contributed by atoms with Crippen molar-refractivity contribution < 1.29 is 18.8 Å². The normalized spacial score (nSPS) is 23.8. The summed E-state index contributed by atoms with van der Waals surface area (Å²) in [5.74, 6) is 0.558. The van der Waals surface area contributed by atoms with Crippen LogP contribution >= 0.6 is 0 Å². The van der Waals surface area contributed by atoms with Gasteiger partial charge in [0, 0.05) is 29.8 Å². The number of carbonyl (C=O) groups excluding carboxylic acids is 2. The zero-order valence-electron chi connectivity index (χ0n) is 17.1. The molecule has 10 nitrogen and oxygen atoms in total. The van der Waals surface area contributed by atoms with Crippen LogP contribution in [-0.4, -0.2) is 59.9 Å². The van der Waals surface area contributed by atoms with E-state index in [0.717, 1.165) is 37.2 Å². The lowest BCUT2D eigenvalue weighted by molar-refractivity contribution is -0.119. The molecule has 5 rings (SSSR count). The third-order valence-corrected chi connectivity index (χ3v) is 6.07. The molecule has 2 saturated heterocycles. The van der Waals surface area contributed by atoms with Crippen LogP contribution in [-0.2, 0) is 9.53 Å². The van der Waals surface area contributed by atoms with Crippen molar-refractivity contribution in [2.75, 3.05) is 26.7 Å². The zero-order chi connectivity index (χ0) is 21.4. The summed E-state index contributed by atoms with van der Waals surface area (Å²) in [5.41, 5.74) is 5.61. The molecule has 2 fully saturated rings. The first-order valence-electron chi connectivity index (χ1n) is 10.4. The molecule has 2 unspecified atom stereocenters. The van der Waals surface area contributed by atoms with Gasteiger partial charge in [-0.15, -0.1) is 0 Å². The van der Waals surface area contributed by atoms with Gasteiger partial charge in [0.1, 0.15) is 6.17 Å². The molecule has 4 heterocycles. The first kappa shape index (κ1) is 19.7. The number of piperidine rings is 1. The summed E-state index contributed by atoms with van der Waals surface area (Å²) in [5, 5.41) is 12.5. The number of hydrogen-bond acceptors (Lipinski definition) is 9. The highest BCUT2D eigenvalue weighted by atomic mass is 16.5. The number of fused-ring (bicyclic) bond motifs is 1. The molecule has 31 heavy (non-hydrogen) atoms. The SMILES string of the molecule is COC(=O)c1ccc(-c2noc(C3CNN4C(C5CCNCC5)=CC(=O)NC34)n2)cc1. The largest absolute Gasteiger partial charge is 0.465 e. The minimum absolute atomic E-state index is 0.0957. The summed E-state index contributed by atoms with van der Waals surface area (Å²) in [4.78, 5) is 28.6. The van der Waals surface area contributed by atoms with Gasteiger partial charge in [0.2, 0.25) is 17.6 Å². The zero-order valence-corrected chi connectivity index (χ0v) is 17.1. The molecule has 162 valence electrons. The van der Waals surface area contributed by atoms with Crippen LogP contribution in [0.3, 0.4) is 0 Å². The first-order chi connectivity index (χ1) is 15.1. The Morgan fingerprint density at radius 1 is 1.23 bits per heavy atom. The number of amides is 1. The van der Waals surface area contributed by atoms with Gasteiger partial charge in [0.25, 0.3) is 0 Å². The van der Waals surface area contributed by atoms with Crippen molar-refractivity contribution >= 4 is 11.9 Å². The highest BCUT2D eigenvalue weighted by molar-refractivity contribution is 5.90. The molecule has 0 aliphatic carbocycles. The highest BCUT2D eigenvalue weighted by Crippen LogP contribution is 2.35. The number of nitrogens with one attached hydrogen (secondary N) is 3. The van der Waals surface area contributed by atoms with Crippen LogP contribution < -0.4 is 16.1 Å². The van der Waals surface area contributed by atoms with E-state index in [1.165, 1.54) is 7.11 Å². The van der Waals surface area contributed by atoms with Crippen LogP contribution in [0.5, 0.6) is 0 Å². The standard InChI is InChI=1S/C21H24N6O4/c1-30-21(29)14-4-2-13(3-5-14)18-25-20(31-26-18)15-11-23-27-16(10-17(28)24-19(15)27)12-6-8-22-9-7-12/h2-5,10,12,15,19,22-23H,6-9,11H2,1H3,(H,24,28). The minimum atomic E-state index is -0.400. The van der Waals surface area contributed by atoms with Crippen LogP contribution in [0, 0.1) is 5.92 Å². The minimum Gasteiger partial charge on any atom is -0.465 e. The molecule has 3 aliphatic rings. The molecule has 1 amide bonds. The first-order valence-corrected chi connectivity index (χ1v) is 10.4. The van der Waals surface area contributed by atoms with E-state index < -0.39 is 5.97 Å². The summed E-state index contributed by atoms with van der Waals surface area (Å²) in [7, 11) is 1.34. The summed E-state index contributed by atoms with van der Waals surface area (Å²) in [6.07, 6.45) is 3.42. The van der Waals surface area contributed by atoms with E-state index >= 15 is 0 Å². The lowest BCUT2D eigenvalue weighted by atomic mass is 9.92. The van der Waals surface area contributed by atoms with E-state index in [2.05, 4.69) is 31.2 Å². The summed E-state index contributed by atoms with van der Waals surface area (Å²) in [6.45, 7) is 2.48. The predicted octanol–water partition coefficient (Wildman–Crippen LogP) is 0.766. The van der Waals surface area contributed by atoms with Gasteiger partial charge in [-0.25, -0.2) is 10.2 Å². The maximum Gasteiger partial charge on any atom is 0.337 e. The number of allylic oxidation sites excluding steroid dienone is 1. The maximum absolute atomic E-state index is 12.4. The Morgan fingerprint density at radius 3 is 2.74 bits per heavy atom. The van der Waals surface area contributed by atoms with Gasteiger partial charge < -0.3 is 19.9 Å². The van der Waals surface area contributed by atoms with E-state index in [9.17, 15) is 9.59 Å². The number of benzene rings is 1. The lowest BCUT2D eigenvalue weighted by Gasteiger charge is -2.38. The fourth-order valence-corrected chi connectivity index (χ4v) is 4.43. The Balaban J connectivity index is 1.35. The third-order valence-electron chi connectivity index (χ3n) is 6.07. The van der Waals surface area contributed by atoms with Crippen molar-refractivity contribution in [3.8, 4) is 11.4 Å². The van der Waals surface area contributed by atoms with Gasteiger partial charge in [-0.2, -0.15) is 4.98 Å². The average molecular weight is 424 g/mol. The quantitative estimate of drug-likeness (QED) is 0.611. The number of aromatic nitrogens is 2. The second-order valence-electron chi connectivity index (χ2n) is 7.91. The monoisotopic (exact) mass is 424 g/mol. The Hall–Kier alpha value is -3.24. The second kappa shape index (κ2) is 8.12. The van der Waals surface area contributed by atoms with Gasteiger partial charge in [0.15, 0.2) is 0 Å². The van der Waals surface area contributed by atoms with Crippen molar-refractivity contribution in [3.63, 3.8) is 0 Å². The molecular weight excluding hydrogens is 400 g/mol. The molecular formula is C21H24N6O4. The number of hydrazine groups is 1. The topological polar surface area (TPSA) is 122 Å². The molecule has 0 bridgehead atoms. The molecule has 10 heteroatoms. The van der Waals surface area contributed by atoms with E-state index in [-0.39, 0.29) is 18.0 Å². The van der Waals surface area contributed by atoms with E-state index in [0.29, 0.717) is 29.7 Å². The Bertz CT molecular complexity index is 1010. The average Bonchev–Trinajstić information content (AvgIpc) is 3.46. The number of rotatable bonds is 4. The van der Waals surface area contributed by atoms with Crippen molar-refractivity contribution in [3.05, 3.63) is 47.5 Å². The molecule has 0 radical (unpaired) electrons. The Kier molecular flexibility index (Phi) is 5.16. The summed E-state index contributed by atoms with van der Waals surface area (Å²) in [6, 6.07) is 6.82. The van der Waals surface area contributed by atoms with Gasteiger partial charge in [-0.3, -0.25) is 9.80 Å². The van der Waals surface area contributed by atoms with Crippen molar-refractivity contribution in [1.82, 2.24) is 31.2 Å². The number of hydrogen-bond donors (Lipinski definition) is 3. The van der Waals surface area contributed by atoms with Crippen molar-refractivity contribution in [1.29, 1.82) is 0 Å². The summed E-state index contributed by atoms with van der Waals surface area (Å²) < 4.78 is 10.3. The number of methoxy groups -OCH3 is 1. The van der Waals surface area contributed by atoms with Crippen molar-refractivity contribution in [2.24, 2.45) is 5.92 Å². The molecule has 1 aromatic heterocycles. The van der Waals surface area contributed by atoms with E-state index in [1.54, 1.807) is 30.3 Å². The van der Waals surface area contributed by atoms with E-state index in [4.69, 9.17) is 9.26 Å². The van der Waals surface area contributed by atoms with Crippen LogP contribution in [0.15, 0.2) is 40.6 Å². The molecule has 3 aliphatic heterocycles. The fourth-order valence-electron chi connectivity index (χ4n) is 4.43. The molecule has 3 N–H and O–H groups in total. The molecule has 1 aromatic carbocycles. The number of nitrogens with zero attached hydrogens (tertiary/aromatic N) is 3. The Morgan fingerprint density at radius 2 is 2.00 bits per heavy atom. The molecule has 2 atom stereocenters. The van der Waals surface area contributed by atoms with E-state index in [1.807, 2.05) is 0 Å². The van der Waals surface area contributed by atoms with Gasteiger partial charge >= 0.3 is 5.97 Å².